The Morgan fingerprint density at radius 2 is 1.89 bits per heavy atom. The normalized spacial score (nSPS) is 13.2. The number of rotatable bonds is 5. The lowest BCUT2D eigenvalue weighted by Gasteiger charge is -2.14. The fourth-order valence-corrected chi connectivity index (χ4v) is 3.46. The molecular formula is C21H23N5O. The molecular weight excluding hydrogens is 338 g/mol. The van der Waals surface area contributed by atoms with Gasteiger partial charge in [0.1, 0.15) is 5.82 Å². The molecule has 1 amide bonds. The van der Waals surface area contributed by atoms with Gasteiger partial charge in [-0.25, -0.2) is 0 Å². The number of para-hydroxylation sites is 1. The molecule has 0 saturated carbocycles. The van der Waals surface area contributed by atoms with Gasteiger partial charge in [0.05, 0.1) is 0 Å². The Kier molecular flexibility index (Phi) is 4.87. The number of fused-ring (bicyclic) bond motifs is 1. The van der Waals surface area contributed by atoms with E-state index < -0.39 is 0 Å². The molecule has 0 spiro atoms. The highest BCUT2D eigenvalue weighted by Crippen LogP contribution is 2.24. The number of nitrogens with zero attached hydrogens (tertiary/aromatic N) is 3. The van der Waals surface area contributed by atoms with Crippen LogP contribution < -0.4 is 11.1 Å². The molecule has 3 aromatic rings. The van der Waals surface area contributed by atoms with Gasteiger partial charge in [-0.15, -0.1) is 10.2 Å². The number of amides is 1. The van der Waals surface area contributed by atoms with E-state index in [1.807, 2.05) is 48.5 Å². The number of nitrogens with one attached hydrogen (secondary N) is 1. The lowest BCUT2D eigenvalue weighted by Crippen LogP contribution is -2.13. The van der Waals surface area contributed by atoms with Gasteiger partial charge < -0.3 is 15.6 Å². The van der Waals surface area contributed by atoms with Crippen LogP contribution in [0.15, 0.2) is 48.5 Å². The molecule has 3 N–H and O–H groups in total. The zero-order valence-electron chi connectivity index (χ0n) is 15.2. The Labute approximate surface area is 158 Å². The molecule has 0 aliphatic carbocycles. The summed E-state index contributed by atoms with van der Waals surface area (Å²) >= 11 is 0. The Morgan fingerprint density at radius 1 is 1.07 bits per heavy atom. The number of nitrogen functional groups attached to an aromatic ring is 1. The van der Waals surface area contributed by atoms with E-state index in [0.29, 0.717) is 12.8 Å². The topological polar surface area (TPSA) is 85.8 Å². The minimum absolute atomic E-state index is 0.0224. The Balaban J connectivity index is 1.38. The summed E-state index contributed by atoms with van der Waals surface area (Å²) < 4.78 is 2.20. The fraction of sp³-hybridized carbons (Fsp3) is 0.286. The van der Waals surface area contributed by atoms with Crippen molar-refractivity contribution in [3.05, 3.63) is 59.9 Å². The van der Waals surface area contributed by atoms with Crippen LogP contribution in [-0.2, 0) is 24.2 Å². The SMILES string of the molecule is Nc1ccccc1CCC(=O)Nc1ccc(-c2nnc3n2CCCC3)cc1. The van der Waals surface area contributed by atoms with E-state index in [-0.39, 0.29) is 5.91 Å². The molecule has 0 saturated heterocycles. The van der Waals surface area contributed by atoms with Crippen LogP contribution >= 0.6 is 0 Å². The zero-order chi connectivity index (χ0) is 18.6. The molecule has 2 aromatic carbocycles. The molecule has 27 heavy (non-hydrogen) atoms. The van der Waals surface area contributed by atoms with Crippen LogP contribution in [0.2, 0.25) is 0 Å². The average molecular weight is 361 g/mol. The monoisotopic (exact) mass is 361 g/mol. The summed E-state index contributed by atoms with van der Waals surface area (Å²) in [6.07, 6.45) is 4.36. The van der Waals surface area contributed by atoms with Crippen molar-refractivity contribution in [3.63, 3.8) is 0 Å². The summed E-state index contributed by atoms with van der Waals surface area (Å²) in [5, 5.41) is 11.6. The van der Waals surface area contributed by atoms with Crippen LogP contribution in [-0.4, -0.2) is 20.7 Å². The van der Waals surface area contributed by atoms with Crippen LogP contribution in [0.4, 0.5) is 11.4 Å². The van der Waals surface area contributed by atoms with Crippen LogP contribution in [0.25, 0.3) is 11.4 Å². The first-order valence-electron chi connectivity index (χ1n) is 9.36. The van der Waals surface area contributed by atoms with Crippen LogP contribution in [0.5, 0.6) is 0 Å². The number of aryl methyl sites for hydroxylation is 2. The second kappa shape index (κ2) is 7.61. The van der Waals surface area contributed by atoms with Crippen molar-refractivity contribution in [1.82, 2.24) is 14.8 Å². The molecule has 0 atom stereocenters. The number of carbonyl (C=O) groups excluding carboxylic acids is 1. The summed E-state index contributed by atoms with van der Waals surface area (Å²) in [6.45, 7) is 0.971. The maximum Gasteiger partial charge on any atom is 0.224 e. The fourth-order valence-electron chi connectivity index (χ4n) is 3.46. The quantitative estimate of drug-likeness (QED) is 0.682. The summed E-state index contributed by atoms with van der Waals surface area (Å²) in [5.74, 6) is 1.95. The molecule has 6 heteroatoms. The van der Waals surface area contributed by atoms with Crippen molar-refractivity contribution < 1.29 is 4.79 Å². The predicted octanol–water partition coefficient (Wildman–Crippen LogP) is 3.43. The van der Waals surface area contributed by atoms with Gasteiger partial charge in [-0.2, -0.15) is 0 Å². The molecule has 4 rings (SSSR count). The highest BCUT2D eigenvalue weighted by atomic mass is 16.1. The number of nitrogens with two attached hydrogens (primary N) is 1. The van der Waals surface area contributed by atoms with Crippen LogP contribution in [0.1, 0.15) is 30.7 Å². The number of anilines is 2. The molecule has 1 aromatic heterocycles. The third-order valence-corrected chi connectivity index (χ3v) is 4.96. The van der Waals surface area contributed by atoms with Crippen molar-refractivity contribution in [3.8, 4) is 11.4 Å². The van der Waals surface area contributed by atoms with E-state index in [1.54, 1.807) is 0 Å². The largest absolute Gasteiger partial charge is 0.399 e. The van der Waals surface area contributed by atoms with Gasteiger partial charge in [0, 0.05) is 36.3 Å². The highest BCUT2D eigenvalue weighted by molar-refractivity contribution is 5.91. The number of hydrogen-bond acceptors (Lipinski definition) is 4. The van der Waals surface area contributed by atoms with Crippen LogP contribution in [0.3, 0.4) is 0 Å². The third kappa shape index (κ3) is 3.84. The third-order valence-electron chi connectivity index (χ3n) is 4.96. The molecule has 0 radical (unpaired) electrons. The molecule has 2 heterocycles. The average Bonchev–Trinajstić information content (AvgIpc) is 3.12. The lowest BCUT2D eigenvalue weighted by molar-refractivity contribution is -0.116. The Bertz CT molecular complexity index is 945. The standard InChI is InChI=1S/C21H23N5O/c22-18-6-2-1-5-15(18)10-13-20(27)23-17-11-8-16(9-12-17)21-25-24-19-7-3-4-14-26(19)21/h1-2,5-6,8-9,11-12H,3-4,7,10,13-14,22H2,(H,23,27). The van der Waals surface area contributed by atoms with Gasteiger partial charge in [-0.05, 0) is 55.2 Å². The maximum absolute atomic E-state index is 12.2. The summed E-state index contributed by atoms with van der Waals surface area (Å²) in [5.41, 5.74) is 9.45. The second-order valence-corrected chi connectivity index (χ2v) is 6.87. The molecule has 0 bridgehead atoms. The summed E-state index contributed by atoms with van der Waals surface area (Å²) in [6, 6.07) is 15.4. The van der Waals surface area contributed by atoms with Gasteiger partial charge in [0.15, 0.2) is 5.82 Å². The van der Waals surface area contributed by atoms with E-state index in [9.17, 15) is 4.79 Å². The number of hydrogen-bond donors (Lipinski definition) is 2. The Morgan fingerprint density at radius 3 is 2.70 bits per heavy atom. The predicted molar refractivity (Wildman–Crippen MR) is 106 cm³/mol. The molecule has 1 aliphatic heterocycles. The second-order valence-electron chi connectivity index (χ2n) is 6.87. The van der Waals surface area contributed by atoms with E-state index in [1.165, 1.54) is 6.42 Å². The maximum atomic E-state index is 12.2. The Hall–Kier alpha value is -3.15. The van der Waals surface area contributed by atoms with E-state index in [2.05, 4.69) is 20.1 Å². The van der Waals surface area contributed by atoms with Gasteiger partial charge in [-0.1, -0.05) is 18.2 Å². The number of aromatic nitrogens is 3. The first-order valence-corrected chi connectivity index (χ1v) is 9.36. The van der Waals surface area contributed by atoms with Gasteiger partial charge in [0.25, 0.3) is 0 Å². The summed E-state index contributed by atoms with van der Waals surface area (Å²) in [7, 11) is 0. The van der Waals surface area contributed by atoms with Crippen molar-refractivity contribution in [2.75, 3.05) is 11.1 Å². The molecule has 6 nitrogen and oxygen atoms in total. The van der Waals surface area contributed by atoms with E-state index >= 15 is 0 Å². The van der Waals surface area contributed by atoms with E-state index in [0.717, 1.165) is 53.5 Å². The first-order chi connectivity index (χ1) is 13.2. The van der Waals surface area contributed by atoms with Crippen LogP contribution in [0, 0.1) is 0 Å². The minimum atomic E-state index is -0.0224. The van der Waals surface area contributed by atoms with Crippen molar-refractivity contribution >= 4 is 17.3 Å². The number of carbonyl (C=O) groups is 1. The summed E-state index contributed by atoms with van der Waals surface area (Å²) in [4.78, 5) is 12.2. The van der Waals surface area contributed by atoms with Gasteiger partial charge in [-0.3, -0.25) is 4.79 Å². The first kappa shape index (κ1) is 17.3. The molecule has 1 aliphatic rings. The van der Waals surface area contributed by atoms with Crippen molar-refractivity contribution in [1.29, 1.82) is 0 Å². The number of benzene rings is 2. The minimum Gasteiger partial charge on any atom is -0.399 e. The highest BCUT2D eigenvalue weighted by Gasteiger charge is 2.16. The van der Waals surface area contributed by atoms with E-state index in [4.69, 9.17) is 5.73 Å². The smallest absolute Gasteiger partial charge is 0.224 e. The van der Waals surface area contributed by atoms with Crippen molar-refractivity contribution in [2.45, 2.75) is 38.6 Å². The zero-order valence-corrected chi connectivity index (χ0v) is 15.2. The van der Waals surface area contributed by atoms with Gasteiger partial charge >= 0.3 is 0 Å². The molecule has 138 valence electrons. The van der Waals surface area contributed by atoms with Gasteiger partial charge in [0.2, 0.25) is 5.91 Å². The lowest BCUT2D eigenvalue weighted by atomic mass is 10.1. The molecule has 0 fully saturated rings. The molecule has 0 unspecified atom stereocenters. The van der Waals surface area contributed by atoms with Crippen molar-refractivity contribution in [2.24, 2.45) is 0 Å².